The van der Waals surface area contributed by atoms with Gasteiger partial charge in [0.2, 0.25) is 0 Å². The molecule has 25 heavy (non-hydrogen) atoms. The van der Waals surface area contributed by atoms with Gasteiger partial charge in [-0.05, 0) is 47.7 Å². The van der Waals surface area contributed by atoms with E-state index < -0.39 is 0 Å². The van der Waals surface area contributed by atoms with Gasteiger partial charge in [-0.15, -0.1) is 0 Å². The standard InChI is InChI=1S/C20H17Cl2NO2/c1-25-20(24)12-7-5-11(6-8-12)18-15-4-2-3-14(15)16-9-13(21)10-17(22)19(16)23-18/h2-3,5-10,14-15,18,23H,4H2,1H3. The molecule has 5 heteroatoms. The highest BCUT2D eigenvalue weighted by atomic mass is 35.5. The average molecular weight is 374 g/mol. The van der Waals surface area contributed by atoms with E-state index >= 15 is 0 Å². The summed E-state index contributed by atoms with van der Waals surface area (Å²) in [6, 6.07) is 11.5. The number of nitrogens with one attached hydrogen (secondary N) is 1. The summed E-state index contributed by atoms with van der Waals surface area (Å²) in [7, 11) is 1.39. The highest BCUT2D eigenvalue weighted by Gasteiger charge is 2.38. The maximum Gasteiger partial charge on any atom is 0.337 e. The number of hydrogen-bond donors (Lipinski definition) is 1. The van der Waals surface area contributed by atoms with Crippen LogP contribution in [0, 0.1) is 5.92 Å². The van der Waals surface area contributed by atoms with Crippen LogP contribution in [0.25, 0.3) is 0 Å². The summed E-state index contributed by atoms with van der Waals surface area (Å²) in [4.78, 5) is 11.6. The van der Waals surface area contributed by atoms with Crippen LogP contribution in [0.3, 0.4) is 0 Å². The Morgan fingerprint density at radius 1 is 1.20 bits per heavy atom. The zero-order valence-electron chi connectivity index (χ0n) is 13.6. The third-order valence-electron chi connectivity index (χ3n) is 5.08. The number of carbonyl (C=O) groups excluding carboxylic acids is 1. The smallest absolute Gasteiger partial charge is 0.337 e. The van der Waals surface area contributed by atoms with E-state index in [-0.39, 0.29) is 17.9 Å². The number of ether oxygens (including phenoxy) is 1. The van der Waals surface area contributed by atoms with Crippen LogP contribution in [0.2, 0.25) is 10.0 Å². The Morgan fingerprint density at radius 2 is 1.96 bits per heavy atom. The van der Waals surface area contributed by atoms with Gasteiger partial charge in [-0.1, -0.05) is 47.5 Å². The molecule has 3 atom stereocenters. The molecule has 0 amide bonds. The third kappa shape index (κ3) is 2.82. The molecule has 1 heterocycles. The monoisotopic (exact) mass is 373 g/mol. The maximum absolute atomic E-state index is 11.6. The van der Waals surface area contributed by atoms with E-state index in [2.05, 4.69) is 17.5 Å². The number of fused-ring (bicyclic) bond motifs is 3. The zero-order valence-corrected chi connectivity index (χ0v) is 15.1. The molecule has 0 spiro atoms. The molecule has 1 aliphatic carbocycles. The van der Waals surface area contributed by atoms with Gasteiger partial charge in [-0.3, -0.25) is 0 Å². The van der Waals surface area contributed by atoms with Gasteiger partial charge < -0.3 is 10.1 Å². The van der Waals surface area contributed by atoms with Crippen LogP contribution in [0.1, 0.15) is 39.9 Å². The molecule has 0 bridgehead atoms. The number of esters is 1. The average Bonchev–Trinajstić information content (AvgIpc) is 3.11. The van der Waals surface area contributed by atoms with Crippen LogP contribution < -0.4 is 5.32 Å². The van der Waals surface area contributed by atoms with Crippen molar-refractivity contribution >= 4 is 34.9 Å². The second-order valence-corrected chi connectivity index (χ2v) is 7.28. The highest BCUT2D eigenvalue weighted by molar-refractivity contribution is 6.36. The van der Waals surface area contributed by atoms with Gasteiger partial charge in [-0.2, -0.15) is 0 Å². The highest BCUT2D eigenvalue weighted by Crippen LogP contribution is 2.52. The van der Waals surface area contributed by atoms with Crippen molar-refractivity contribution in [1.82, 2.24) is 0 Å². The number of carbonyl (C=O) groups is 1. The van der Waals surface area contributed by atoms with Crippen molar-refractivity contribution in [2.45, 2.75) is 18.4 Å². The fourth-order valence-electron chi connectivity index (χ4n) is 3.90. The maximum atomic E-state index is 11.6. The van der Waals surface area contributed by atoms with E-state index in [1.165, 1.54) is 7.11 Å². The van der Waals surface area contributed by atoms with Crippen molar-refractivity contribution in [2.75, 3.05) is 12.4 Å². The molecule has 0 saturated heterocycles. The van der Waals surface area contributed by atoms with E-state index in [4.69, 9.17) is 27.9 Å². The molecule has 0 fully saturated rings. The van der Waals surface area contributed by atoms with Crippen LogP contribution in [0.4, 0.5) is 5.69 Å². The molecule has 0 radical (unpaired) electrons. The lowest BCUT2D eigenvalue weighted by molar-refractivity contribution is 0.0600. The number of halogens is 2. The quantitative estimate of drug-likeness (QED) is 0.549. The summed E-state index contributed by atoms with van der Waals surface area (Å²) in [6.45, 7) is 0. The normalized spacial score (nSPS) is 23.6. The molecule has 1 N–H and O–H groups in total. The molecule has 128 valence electrons. The molecule has 2 aliphatic rings. The van der Waals surface area contributed by atoms with Crippen molar-refractivity contribution in [2.24, 2.45) is 5.92 Å². The Morgan fingerprint density at radius 3 is 2.68 bits per heavy atom. The SMILES string of the molecule is COC(=O)c1ccc(C2Nc3c(Cl)cc(Cl)cc3C3C=CCC32)cc1. The van der Waals surface area contributed by atoms with Gasteiger partial charge in [-0.25, -0.2) is 4.79 Å². The lowest BCUT2D eigenvalue weighted by atomic mass is 9.77. The number of benzene rings is 2. The van der Waals surface area contributed by atoms with Gasteiger partial charge in [0.15, 0.2) is 0 Å². The number of allylic oxidation sites excluding steroid dienone is 2. The molecule has 3 nitrogen and oxygen atoms in total. The molecule has 0 aromatic heterocycles. The summed E-state index contributed by atoms with van der Waals surface area (Å²) in [5.41, 5.74) is 3.77. The van der Waals surface area contributed by atoms with Crippen molar-refractivity contribution in [1.29, 1.82) is 0 Å². The Hall–Kier alpha value is -1.97. The Balaban J connectivity index is 1.73. The second kappa shape index (κ2) is 6.40. The largest absolute Gasteiger partial charge is 0.465 e. The molecule has 2 aromatic carbocycles. The second-order valence-electron chi connectivity index (χ2n) is 6.44. The molecule has 3 unspecified atom stereocenters. The summed E-state index contributed by atoms with van der Waals surface area (Å²) in [5.74, 6) is 0.357. The molecular formula is C20H17Cl2NO2. The summed E-state index contributed by atoms with van der Waals surface area (Å²) < 4.78 is 4.77. The molecular weight excluding hydrogens is 357 g/mol. The van der Waals surface area contributed by atoms with E-state index in [0.717, 1.165) is 23.2 Å². The van der Waals surface area contributed by atoms with Crippen LogP contribution in [-0.2, 0) is 4.74 Å². The van der Waals surface area contributed by atoms with Crippen LogP contribution in [-0.4, -0.2) is 13.1 Å². The van der Waals surface area contributed by atoms with Crippen molar-refractivity contribution in [3.8, 4) is 0 Å². The van der Waals surface area contributed by atoms with E-state index in [9.17, 15) is 4.79 Å². The Kier molecular flexibility index (Phi) is 4.22. The fourth-order valence-corrected chi connectivity index (χ4v) is 4.46. The minimum absolute atomic E-state index is 0.123. The number of hydrogen-bond acceptors (Lipinski definition) is 3. The predicted octanol–water partition coefficient (Wildman–Crippen LogP) is 5.61. The summed E-state index contributed by atoms with van der Waals surface area (Å²) in [5, 5.41) is 4.89. The van der Waals surface area contributed by atoms with E-state index in [1.54, 1.807) is 18.2 Å². The molecule has 1 aliphatic heterocycles. The van der Waals surface area contributed by atoms with Crippen molar-refractivity contribution in [3.63, 3.8) is 0 Å². The lowest BCUT2D eigenvalue weighted by Gasteiger charge is -2.38. The topological polar surface area (TPSA) is 38.3 Å². The first-order valence-corrected chi connectivity index (χ1v) is 8.94. The minimum Gasteiger partial charge on any atom is -0.465 e. The van der Waals surface area contributed by atoms with Crippen LogP contribution in [0.15, 0.2) is 48.6 Å². The Labute approximate surface area is 156 Å². The third-order valence-corrected chi connectivity index (χ3v) is 5.59. The van der Waals surface area contributed by atoms with Crippen LogP contribution >= 0.6 is 23.2 Å². The van der Waals surface area contributed by atoms with Gasteiger partial charge >= 0.3 is 5.97 Å². The molecule has 4 rings (SSSR count). The van der Waals surface area contributed by atoms with E-state index in [0.29, 0.717) is 21.5 Å². The van der Waals surface area contributed by atoms with Crippen molar-refractivity contribution in [3.05, 3.63) is 75.3 Å². The zero-order chi connectivity index (χ0) is 17.6. The van der Waals surface area contributed by atoms with Gasteiger partial charge in [0, 0.05) is 10.9 Å². The first-order valence-electron chi connectivity index (χ1n) is 8.19. The van der Waals surface area contributed by atoms with Gasteiger partial charge in [0.25, 0.3) is 0 Å². The number of methoxy groups -OCH3 is 1. The number of anilines is 1. The Bertz CT molecular complexity index is 861. The minimum atomic E-state index is -0.327. The van der Waals surface area contributed by atoms with Crippen LogP contribution in [0.5, 0.6) is 0 Å². The fraction of sp³-hybridized carbons (Fsp3) is 0.250. The lowest BCUT2D eigenvalue weighted by Crippen LogP contribution is -2.29. The summed E-state index contributed by atoms with van der Waals surface area (Å²) >= 11 is 12.7. The molecule has 0 saturated carbocycles. The van der Waals surface area contributed by atoms with Crippen molar-refractivity contribution < 1.29 is 9.53 Å². The predicted molar refractivity (Wildman–Crippen MR) is 101 cm³/mol. The van der Waals surface area contributed by atoms with E-state index in [1.807, 2.05) is 18.2 Å². The van der Waals surface area contributed by atoms with Gasteiger partial charge in [0.05, 0.1) is 29.4 Å². The number of rotatable bonds is 2. The summed E-state index contributed by atoms with van der Waals surface area (Å²) in [6.07, 6.45) is 5.45. The first kappa shape index (κ1) is 16.5. The molecule has 2 aromatic rings. The van der Waals surface area contributed by atoms with Gasteiger partial charge in [0.1, 0.15) is 0 Å². The first-order chi connectivity index (χ1) is 12.1.